The molecule has 0 bridgehead atoms. The average molecular weight is 599 g/mol. The molecule has 214 valence electrons. The Labute approximate surface area is 243 Å². The van der Waals surface area contributed by atoms with Gasteiger partial charge in [0.15, 0.2) is 0 Å². The zero-order valence-electron chi connectivity index (χ0n) is 22.1. The molecule has 1 fully saturated rings. The lowest BCUT2D eigenvalue weighted by Crippen LogP contribution is -2.54. The molecule has 0 aromatic heterocycles. The van der Waals surface area contributed by atoms with Gasteiger partial charge >= 0.3 is 5.97 Å². The molecule has 9 nitrogen and oxygen atoms in total. The molecular weight excluding hydrogens is 571 g/mol. The van der Waals surface area contributed by atoms with Crippen LogP contribution < -0.4 is 14.9 Å². The minimum atomic E-state index is -3.90. The highest BCUT2D eigenvalue weighted by atomic mass is 35.5. The quantitative estimate of drug-likeness (QED) is 0.343. The molecule has 1 amide bonds. The van der Waals surface area contributed by atoms with Crippen molar-refractivity contribution in [3.8, 4) is 11.8 Å². The number of nitrogens with zero attached hydrogens (tertiary/aromatic N) is 2. The van der Waals surface area contributed by atoms with Crippen molar-refractivity contribution in [3.63, 3.8) is 0 Å². The number of anilines is 1. The SMILES string of the molecule is C[C@@H](NS(=O)(=O)N1CCN(c2ccc(C#Cc3ccc(F)c(C(=O)NCc4cccc(Cl)c4)c3)cc2)CC1)C(=O)O. The lowest BCUT2D eigenvalue weighted by molar-refractivity contribution is -0.138. The monoisotopic (exact) mass is 598 g/mol. The minimum absolute atomic E-state index is 0.108. The number of halogens is 2. The van der Waals surface area contributed by atoms with E-state index in [4.69, 9.17) is 16.7 Å². The minimum Gasteiger partial charge on any atom is -0.480 e. The maximum absolute atomic E-state index is 14.4. The van der Waals surface area contributed by atoms with Gasteiger partial charge in [0.05, 0.1) is 5.56 Å². The smallest absolute Gasteiger partial charge is 0.321 e. The molecule has 0 aliphatic carbocycles. The average Bonchev–Trinajstić information content (AvgIpc) is 2.95. The summed E-state index contributed by atoms with van der Waals surface area (Å²) in [7, 11) is -3.90. The Balaban J connectivity index is 1.35. The summed E-state index contributed by atoms with van der Waals surface area (Å²) in [5.74, 6) is 3.52. The summed E-state index contributed by atoms with van der Waals surface area (Å²) in [5.41, 5.74) is 2.76. The molecule has 3 aromatic carbocycles. The number of hydrogen-bond donors (Lipinski definition) is 3. The normalized spacial score (nSPS) is 14.6. The Morgan fingerprint density at radius 3 is 2.32 bits per heavy atom. The third-order valence-electron chi connectivity index (χ3n) is 6.41. The van der Waals surface area contributed by atoms with Crippen molar-refractivity contribution >= 4 is 39.4 Å². The molecule has 12 heteroatoms. The van der Waals surface area contributed by atoms with E-state index < -0.39 is 33.9 Å². The summed E-state index contributed by atoms with van der Waals surface area (Å²) >= 11 is 5.97. The maximum atomic E-state index is 14.4. The zero-order valence-corrected chi connectivity index (χ0v) is 23.7. The molecule has 1 aliphatic rings. The molecule has 3 aromatic rings. The molecule has 0 unspecified atom stereocenters. The summed E-state index contributed by atoms with van der Waals surface area (Å²) in [5, 5.41) is 12.2. The van der Waals surface area contributed by atoms with Gasteiger partial charge < -0.3 is 15.3 Å². The molecule has 0 radical (unpaired) electrons. The van der Waals surface area contributed by atoms with E-state index in [2.05, 4.69) is 21.9 Å². The first-order valence-corrected chi connectivity index (χ1v) is 14.5. The standard InChI is InChI=1S/C29H28ClFN4O5S/c1-20(29(37)38)33-41(39,40)35-15-13-34(14-16-35)25-10-7-21(8-11-25)5-6-22-9-12-27(31)26(18-22)28(36)32-19-23-3-2-4-24(30)17-23/h2-4,7-12,17-18,20,33H,13-16,19H2,1H3,(H,32,36)(H,37,38)/t20-/m1/s1. The molecular formula is C29H28ClFN4O5S. The van der Waals surface area contributed by atoms with Crippen LogP contribution >= 0.6 is 11.6 Å². The van der Waals surface area contributed by atoms with E-state index in [9.17, 15) is 22.4 Å². The second kappa shape index (κ2) is 13.1. The zero-order chi connectivity index (χ0) is 29.6. The van der Waals surface area contributed by atoms with Crippen LogP contribution in [-0.4, -0.2) is 61.9 Å². The van der Waals surface area contributed by atoms with Crippen LogP contribution in [0.1, 0.15) is 34.0 Å². The largest absolute Gasteiger partial charge is 0.480 e. The van der Waals surface area contributed by atoms with Gasteiger partial charge in [0.1, 0.15) is 11.9 Å². The van der Waals surface area contributed by atoms with Gasteiger partial charge in [0.25, 0.3) is 16.1 Å². The molecule has 0 spiro atoms. The maximum Gasteiger partial charge on any atom is 0.321 e. The van der Waals surface area contributed by atoms with Crippen LogP contribution in [-0.2, 0) is 21.5 Å². The number of carbonyl (C=O) groups excluding carboxylic acids is 1. The predicted molar refractivity (Wildman–Crippen MR) is 154 cm³/mol. The first-order chi connectivity index (χ1) is 19.5. The van der Waals surface area contributed by atoms with Crippen molar-refractivity contribution in [2.45, 2.75) is 19.5 Å². The molecule has 1 atom stereocenters. The molecule has 41 heavy (non-hydrogen) atoms. The highest BCUT2D eigenvalue weighted by Gasteiger charge is 2.29. The predicted octanol–water partition coefficient (Wildman–Crippen LogP) is 3.24. The van der Waals surface area contributed by atoms with Gasteiger partial charge in [0.2, 0.25) is 0 Å². The Kier molecular flexibility index (Phi) is 9.62. The highest BCUT2D eigenvalue weighted by Crippen LogP contribution is 2.19. The van der Waals surface area contributed by atoms with Crippen LogP contribution in [0.4, 0.5) is 10.1 Å². The number of carbonyl (C=O) groups is 2. The van der Waals surface area contributed by atoms with E-state index in [1.54, 1.807) is 18.2 Å². The van der Waals surface area contributed by atoms with E-state index >= 15 is 0 Å². The molecule has 1 saturated heterocycles. The van der Waals surface area contributed by atoms with E-state index in [1.165, 1.54) is 29.4 Å². The molecule has 1 aliphatic heterocycles. The third kappa shape index (κ3) is 8.05. The van der Waals surface area contributed by atoms with Gasteiger partial charge in [-0.25, -0.2) is 4.39 Å². The van der Waals surface area contributed by atoms with Crippen molar-refractivity contribution in [1.29, 1.82) is 0 Å². The number of hydrogen-bond acceptors (Lipinski definition) is 5. The van der Waals surface area contributed by atoms with Crippen LogP contribution in [0.2, 0.25) is 5.02 Å². The number of benzene rings is 3. The van der Waals surface area contributed by atoms with E-state index in [1.807, 2.05) is 35.2 Å². The first-order valence-electron chi connectivity index (χ1n) is 12.7. The molecule has 4 rings (SSSR count). The summed E-state index contributed by atoms with van der Waals surface area (Å²) < 4.78 is 42.6. The Bertz CT molecular complexity index is 1600. The summed E-state index contributed by atoms with van der Waals surface area (Å²) in [6.45, 7) is 2.77. The van der Waals surface area contributed by atoms with Crippen LogP contribution in [0.5, 0.6) is 0 Å². The lowest BCUT2D eigenvalue weighted by atomic mass is 10.1. The van der Waals surface area contributed by atoms with E-state index in [0.717, 1.165) is 11.3 Å². The fourth-order valence-corrected chi connectivity index (χ4v) is 5.69. The highest BCUT2D eigenvalue weighted by molar-refractivity contribution is 7.87. The number of piperazine rings is 1. The van der Waals surface area contributed by atoms with Gasteiger partial charge in [-0.1, -0.05) is 35.6 Å². The van der Waals surface area contributed by atoms with Gasteiger partial charge in [-0.2, -0.15) is 17.4 Å². The molecule has 1 heterocycles. The number of amides is 1. The van der Waals surface area contributed by atoms with E-state index in [-0.39, 0.29) is 25.2 Å². The number of rotatable bonds is 8. The van der Waals surface area contributed by atoms with Gasteiger partial charge in [-0.15, -0.1) is 0 Å². The fraction of sp³-hybridized carbons (Fsp3) is 0.241. The van der Waals surface area contributed by atoms with Gasteiger partial charge in [0, 0.05) is 54.6 Å². The van der Waals surface area contributed by atoms with Crippen LogP contribution in [0.3, 0.4) is 0 Å². The fourth-order valence-electron chi connectivity index (χ4n) is 4.14. The molecule has 3 N–H and O–H groups in total. The first kappa shape index (κ1) is 30.0. The molecule has 0 saturated carbocycles. The Morgan fingerprint density at radius 2 is 1.66 bits per heavy atom. The van der Waals surface area contributed by atoms with E-state index in [0.29, 0.717) is 29.2 Å². The lowest BCUT2D eigenvalue weighted by Gasteiger charge is -2.35. The summed E-state index contributed by atoms with van der Waals surface area (Å²) in [4.78, 5) is 25.6. The number of carboxylic acid groups (broad SMARTS) is 1. The Hall–Kier alpha value is -3.95. The second-order valence-corrected chi connectivity index (χ2v) is 11.5. The van der Waals surface area contributed by atoms with Gasteiger partial charge in [-0.05, 0) is 67.1 Å². The summed E-state index contributed by atoms with van der Waals surface area (Å²) in [6, 6.07) is 17.3. The Morgan fingerprint density at radius 1 is 1.00 bits per heavy atom. The third-order valence-corrected chi connectivity index (χ3v) is 8.34. The van der Waals surface area contributed by atoms with Crippen LogP contribution in [0.25, 0.3) is 0 Å². The second-order valence-electron chi connectivity index (χ2n) is 9.37. The number of aliphatic carboxylic acids is 1. The topological polar surface area (TPSA) is 119 Å². The van der Waals surface area contributed by atoms with Crippen molar-refractivity contribution in [2.75, 3.05) is 31.1 Å². The van der Waals surface area contributed by atoms with Crippen molar-refractivity contribution in [3.05, 3.63) is 99.8 Å². The van der Waals surface area contributed by atoms with Crippen molar-refractivity contribution in [2.24, 2.45) is 0 Å². The van der Waals surface area contributed by atoms with Crippen molar-refractivity contribution in [1.82, 2.24) is 14.3 Å². The summed E-state index contributed by atoms with van der Waals surface area (Å²) in [6.07, 6.45) is 0. The number of carboxylic acids is 1. The van der Waals surface area contributed by atoms with Crippen LogP contribution in [0.15, 0.2) is 66.7 Å². The van der Waals surface area contributed by atoms with Gasteiger partial charge in [-0.3, -0.25) is 9.59 Å². The van der Waals surface area contributed by atoms with Crippen molar-refractivity contribution < 1.29 is 27.5 Å². The number of nitrogens with one attached hydrogen (secondary N) is 2. The van der Waals surface area contributed by atoms with Crippen LogP contribution in [0, 0.1) is 17.7 Å².